The predicted molar refractivity (Wildman–Crippen MR) is 75.9 cm³/mol. The van der Waals surface area contributed by atoms with E-state index in [1.54, 1.807) is 23.7 Å². The zero-order valence-corrected chi connectivity index (χ0v) is 11.1. The molecule has 19 heavy (non-hydrogen) atoms. The molecule has 4 rings (SSSR count). The topological polar surface area (TPSA) is 45.8 Å². The fourth-order valence-corrected chi connectivity index (χ4v) is 3.93. The van der Waals surface area contributed by atoms with Crippen molar-refractivity contribution in [3.8, 4) is 0 Å². The van der Waals surface area contributed by atoms with Crippen LogP contribution in [0.5, 0.6) is 0 Å². The lowest BCUT2D eigenvalue weighted by Crippen LogP contribution is -1.97. The highest BCUT2D eigenvalue weighted by Gasteiger charge is 2.21. The largest absolute Gasteiger partial charge is 0.345 e. The van der Waals surface area contributed by atoms with Crippen LogP contribution < -0.4 is 0 Å². The molecule has 3 aromatic heterocycles. The molecule has 1 N–H and O–H groups in total. The van der Waals surface area contributed by atoms with Gasteiger partial charge >= 0.3 is 0 Å². The Bertz CT molecular complexity index is 763. The maximum Gasteiger partial charge on any atom is 0.205 e. The smallest absolute Gasteiger partial charge is 0.205 e. The summed E-state index contributed by atoms with van der Waals surface area (Å²) >= 11 is 1.65. The van der Waals surface area contributed by atoms with Crippen LogP contribution in [0.1, 0.15) is 32.1 Å². The summed E-state index contributed by atoms with van der Waals surface area (Å²) in [5.74, 6) is 0.110. The van der Waals surface area contributed by atoms with Crippen LogP contribution in [-0.2, 0) is 12.8 Å². The molecule has 0 fully saturated rings. The summed E-state index contributed by atoms with van der Waals surface area (Å²) in [6, 6.07) is 5.87. The lowest BCUT2D eigenvalue weighted by molar-refractivity contribution is 0.104. The predicted octanol–water partition coefficient (Wildman–Crippen LogP) is 3.34. The standard InChI is InChI=1S/C15H12N2OS/c18-14(13-7-9-3-1-5-12(9)19-13)11-8-17-15-10(11)4-2-6-16-15/h2,4,6-8H,1,3,5H2,(H,16,17). The van der Waals surface area contributed by atoms with Crippen molar-refractivity contribution in [1.29, 1.82) is 0 Å². The minimum atomic E-state index is 0.110. The van der Waals surface area contributed by atoms with E-state index in [1.807, 2.05) is 12.1 Å². The van der Waals surface area contributed by atoms with Crippen molar-refractivity contribution < 1.29 is 4.79 Å². The van der Waals surface area contributed by atoms with E-state index in [9.17, 15) is 4.79 Å². The molecule has 4 heteroatoms. The van der Waals surface area contributed by atoms with Crippen molar-refractivity contribution in [3.63, 3.8) is 0 Å². The van der Waals surface area contributed by atoms with E-state index in [-0.39, 0.29) is 5.78 Å². The molecule has 94 valence electrons. The average molecular weight is 268 g/mol. The normalized spacial score (nSPS) is 13.9. The van der Waals surface area contributed by atoms with Gasteiger partial charge in [0.2, 0.25) is 5.78 Å². The van der Waals surface area contributed by atoms with Crippen molar-refractivity contribution in [3.05, 3.63) is 51.5 Å². The highest BCUT2D eigenvalue weighted by molar-refractivity contribution is 7.14. The summed E-state index contributed by atoms with van der Waals surface area (Å²) in [6.07, 6.45) is 6.97. The second-order valence-corrected chi connectivity index (χ2v) is 5.98. The van der Waals surface area contributed by atoms with Crippen LogP contribution in [0.15, 0.2) is 30.6 Å². The number of nitrogens with one attached hydrogen (secondary N) is 1. The van der Waals surface area contributed by atoms with Gasteiger partial charge in [-0.3, -0.25) is 4.79 Å². The van der Waals surface area contributed by atoms with E-state index in [1.165, 1.54) is 16.9 Å². The molecule has 0 bridgehead atoms. The molecule has 3 nitrogen and oxygen atoms in total. The molecule has 0 atom stereocenters. The van der Waals surface area contributed by atoms with E-state index in [2.05, 4.69) is 16.0 Å². The van der Waals surface area contributed by atoms with Crippen molar-refractivity contribution in [2.75, 3.05) is 0 Å². The Morgan fingerprint density at radius 2 is 2.32 bits per heavy atom. The summed E-state index contributed by atoms with van der Waals surface area (Å²) in [5.41, 5.74) is 2.87. The number of carbonyl (C=O) groups excluding carboxylic acids is 1. The number of pyridine rings is 1. The number of hydrogen-bond acceptors (Lipinski definition) is 3. The van der Waals surface area contributed by atoms with Crippen LogP contribution in [0.2, 0.25) is 0 Å². The first-order valence-electron chi connectivity index (χ1n) is 6.41. The van der Waals surface area contributed by atoms with Gasteiger partial charge in [-0.15, -0.1) is 11.3 Å². The van der Waals surface area contributed by atoms with Gasteiger partial charge in [0.15, 0.2) is 0 Å². The Morgan fingerprint density at radius 3 is 3.21 bits per heavy atom. The highest BCUT2D eigenvalue weighted by atomic mass is 32.1. The number of carbonyl (C=O) groups is 1. The van der Waals surface area contributed by atoms with Crippen molar-refractivity contribution in [2.24, 2.45) is 0 Å². The molecule has 0 aromatic carbocycles. The molecule has 0 radical (unpaired) electrons. The third-order valence-electron chi connectivity index (χ3n) is 3.67. The Morgan fingerprint density at radius 1 is 1.37 bits per heavy atom. The number of aromatic amines is 1. The van der Waals surface area contributed by atoms with E-state index >= 15 is 0 Å². The van der Waals surface area contributed by atoms with E-state index < -0.39 is 0 Å². The van der Waals surface area contributed by atoms with Gasteiger partial charge < -0.3 is 4.98 Å². The number of fused-ring (bicyclic) bond motifs is 2. The minimum absolute atomic E-state index is 0.110. The van der Waals surface area contributed by atoms with Gasteiger partial charge in [0.05, 0.1) is 10.4 Å². The molecule has 3 heterocycles. The molecule has 0 amide bonds. The zero-order valence-electron chi connectivity index (χ0n) is 10.3. The first-order valence-corrected chi connectivity index (χ1v) is 7.23. The first kappa shape index (κ1) is 10.9. The zero-order chi connectivity index (χ0) is 12.8. The van der Waals surface area contributed by atoms with Gasteiger partial charge in [-0.1, -0.05) is 0 Å². The number of H-pyrrole nitrogens is 1. The van der Waals surface area contributed by atoms with Gasteiger partial charge in [0, 0.05) is 22.7 Å². The molecule has 0 saturated carbocycles. The summed E-state index contributed by atoms with van der Waals surface area (Å²) < 4.78 is 0. The average Bonchev–Trinajstić information content (AvgIpc) is 3.11. The molecule has 1 aliphatic carbocycles. The monoisotopic (exact) mass is 268 g/mol. The first-order chi connectivity index (χ1) is 9.33. The maximum absolute atomic E-state index is 12.6. The lowest BCUT2D eigenvalue weighted by Gasteiger charge is -1.96. The van der Waals surface area contributed by atoms with Crippen molar-refractivity contribution in [1.82, 2.24) is 9.97 Å². The van der Waals surface area contributed by atoms with Crippen molar-refractivity contribution in [2.45, 2.75) is 19.3 Å². The summed E-state index contributed by atoms with van der Waals surface area (Å²) in [7, 11) is 0. The quantitative estimate of drug-likeness (QED) is 0.724. The molecule has 0 saturated heterocycles. The van der Waals surface area contributed by atoms with Gasteiger partial charge in [-0.05, 0) is 43.0 Å². The molecule has 0 aliphatic heterocycles. The van der Waals surface area contributed by atoms with Crippen LogP contribution >= 0.6 is 11.3 Å². The second kappa shape index (κ2) is 4.03. The summed E-state index contributed by atoms with van der Waals surface area (Å²) in [5, 5.41) is 0.904. The SMILES string of the molecule is O=C(c1cc2c(s1)CCC2)c1c[nH]c2ncccc12. The highest BCUT2D eigenvalue weighted by Crippen LogP contribution is 2.32. The van der Waals surface area contributed by atoms with E-state index in [4.69, 9.17) is 0 Å². The number of nitrogens with zero attached hydrogens (tertiary/aromatic N) is 1. The number of aromatic nitrogens is 2. The minimum Gasteiger partial charge on any atom is -0.345 e. The summed E-state index contributed by atoms with van der Waals surface area (Å²) in [4.78, 5) is 22.1. The van der Waals surface area contributed by atoms with E-state index in [0.717, 1.165) is 34.3 Å². The van der Waals surface area contributed by atoms with Crippen LogP contribution in [0.25, 0.3) is 11.0 Å². The maximum atomic E-state index is 12.6. The van der Waals surface area contributed by atoms with Crippen molar-refractivity contribution >= 4 is 28.2 Å². The molecular weight excluding hydrogens is 256 g/mol. The van der Waals surface area contributed by atoms with Crippen LogP contribution in [0.4, 0.5) is 0 Å². The summed E-state index contributed by atoms with van der Waals surface area (Å²) in [6.45, 7) is 0. The lowest BCUT2D eigenvalue weighted by atomic mass is 10.1. The van der Waals surface area contributed by atoms with E-state index in [0.29, 0.717) is 0 Å². The van der Waals surface area contributed by atoms with Gasteiger partial charge in [0.1, 0.15) is 5.65 Å². The van der Waals surface area contributed by atoms with Crippen LogP contribution in [0, 0.1) is 0 Å². The molecule has 1 aliphatic rings. The molecule has 0 spiro atoms. The Hall–Kier alpha value is -1.94. The number of thiophene rings is 1. The fourth-order valence-electron chi connectivity index (χ4n) is 2.72. The third kappa shape index (κ3) is 1.64. The van der Waals surface area contributed by atoms with Gasteiger partial charge in [0.25, 0.3) is 0 Å². The Kier molecular flexibility index (Phi) is 2.32. The Balaban J connectivity index is 1.81. The number of rotatable bonds is 2. The van der Waals surface area contributed by atoms with Crippen LogP contribution in [0.3, 0.4) is 0 Å². The molecule has 3 aromatic rings. The van der Waals surface area contributed by atoms with Gasteiger partial charge in [-0.25, -0.2) is 4.98 Å². The number of hydrogen-bond donors (Lipinski definition) is 1. The second-order valence-electron chi connectivity index (χ2n) is 4.84. The third-order valence-corrected chi connectivity index (χ3v) is 4.90. The molecular formula is C15H12N2OS. The fraction of sp³-hybridized carbons (Fsp3) is 0.200. The number of ketones is 1. The number of aryl methyl sites for hydroxylation is 2. The molecule has 0 unspecified atom stereocenters. The van der Waals surface area contributed by atoms with Crippen LogP contribution in [-0.4, -0.2) is 15.8 Å². The van der Waals surface area contributed by atoms with Gasteiger partial charge in [-0.2, -0.15) is 0 Å². The Labute approximate surface area is 114 Å².